The van der Waals surface area contributed by atoms with Crippen molar-refractivity contribution < 1.29 is 9.18 Å². The Bertz CT molecular complexity index is 1420. The van der Waals surface area contributed by atoms with Gasteiger partial charge in [-0.3, -0.25) is 4.79 Å². The lowest BCUT2D eigenvalue weighted by Gasteiger charge is -2.29. The normalized spacial score (nSPS) is 15.0. The number of hydrogen-bond donors (Lipinski definition) is 2. The fraction of sp³-hybridized carbons (Fsp3) is 0.0800. The quantitative estimate of drug-likeness (QED) is 0.349. The Kier molecular flexibility index (Phi) is 5.81. The van der Waals surface area contributed by atoms with E-state index in [-0.39, 0.29) is 11.7 Å². The molecule has 170 valence electrons. The smallest absolute Gasteiger partial charge is 0.255 e. The first-order valence-corrected chi connectivity index (χ1v) is 11.2. The molecule has 0 aliphatic carbocycles. The van der Waals surface area contributed by atoms with E-state index < -0.39 is 6.04 Å². The van der Waals surface area contributed by atoms with Gasteiger partial charge in [0.2, 0.25) is 5.95 Å². The second kappa shape index (κ2) is 8.93. The topological polar surface area (TPSA) is 71.8 Å². The van der Waals surface area contributed by atoms with E-state index in [1.165, 1.54) is 12.1 Å². The van der Waals surface area contributed by atoms with Gasteiger partial charge in [-0.15, -0.1) is 5.10 Å². The number of amides is 1. The van der Waals surface area contributed by atoms with Crippen LogP contribution in [0.5, 0.6) is 0 Å². The molecule has 2 N–H and O–H groups in total. The summed E-state index contributed by atoms with van der Waals surface area (Å²) in [5.41, 5.74) is 3.09. The molecule has 5 rings (SSSR count). The number of fused-ring (bicyclic) bond motifs is 1. The highest BCUT2D eigenvalue weighted by Gasteiger charge is 2.34. The van der Waals surface area contributed by atoms with Crippen LogP contribution in [-0.2, 0) is 4.79 Å². The number of benzene rings is 3. The Labute approximate surface area is 205 Å². The van der Waals surface area contributed by atoms with Gasteiger partial charge in [0.15, 0.2) is 5.82 Å². The van der Waals surface area contributed by atoms with Crippen LogP contribution in [0.1, 0.15) is 18.5 Å². The first-order valence-electron chi connectivity index (χ1n) is 10.4. The number of rotatable bonds is 4. The summed E-state index contributed by atoms with van der Waals surface area (Å²) in [4.78, 5) is 18.1. The molecule has 4 aromatic rings. The molecular weight excluding hydrogens is 476 g/mol. The van der Waals surface area contributed by atoms with Gasteiger partial charge in [-0.1, -0.05) is 47.5 Å². The molecule has 6 nitrogen and oxygen atoms in total. The molecule has 1 atom stereocenters. The third-order valence-corrected chi connectivity index (χ3v) is 6.23. The molecule has 1 unspecified atom stereocenters. The summed E-state index contributed by atoms with van der Waals surface area (Å²) in [7, 11) is 0. The molecule has 1 aliphatic rings. The van der Waals surface area contributed by atoms with Gasteiger partial charge in [0.05, 0.1) is 15.6 Å². The molecule has 3 aromatic carbocycles. The minimum absolute atomic E-state index is 0.295. The third kappa shape index (κ3) is 4.16. The Morgan fingerprint density at radius 3 is 2.47 bits per heavy atom. The summed E-state index contributed by atoms with van der Waals surface area (Å²) in [6.45, 7) is 1.81. The fourth-order valence-corrected chi connectivity index (χ4v) is 4.18. The van der Waals surface area contributed by atoms with Crippen LogP contribution in [0.15, 0.2) is 84.1 Å². The highest BCUT2D eigenvalue weighted by atomic mass is 35.5. The molecule has 34 heavy (non-hydrogen) atoms. The molecular formula is C25H18Cl2FN5O. The van der Waals surface area contributed by atoms with E-state index in [0.29, 0.717) is 49.9 Å². The number of halogens is 3. The second-order valence-electron chi connectivity index (χ2n) is 7.77. The molecule has 2 heterocycles. The molecule has 0 radical (unpaired) electrons. The van der Waals surface area contributed by atoms with Crippen LogP contribution < -0.4 is 10.6 Å². The standard InChI is InChI=1S/C25H18Cl2FN5O/c1-14-21(24(34)30-18-5-3-2-4-6-18)22(16-9-12-19(26)20(27)13-16)33-25(29-14)31-23(32-33)15-7-10-17(28)11-8-15/h2-13,22H,1H3,(H,30,34)(H,29,31,32). The van der Waals surface area contributed by atoms with Crippen LogP contribution in [-0.4, -0.2) is 20.7 Å². The van der Waals surface area contributed by atoms with Crippen LogP contribution in [0.4, 0.5) is 16.0 Å². The number of aromatic nitrogens is 3. The first kappa shape index (κ1) is 22.1. The van der Waals surface area contributed by atoms with E-state index in [0.717, 1.165) is 0 Å². The van der Waals surface area contributed by atoms with E-state index in [2.05, 4.69) is 20.7 Å². The molecule has 0 saturated heterocycles. The zero-order chi connectivity index (χ0) is 23.8. The molecule has 0 saturated carbocycles. The molecule has 0 bridgehead atoms. The summed E-state index contributed by atoms with van der Waals surface area (Å²) in [6.07, 6.45) is 0. The fourth-order valence-electron chi connectivity index (χ4n) is 3.88. The van der Waals surface area contributed by atoms with E-state index >= 15 is 0 Å². The van der Waals surface area contributed by atoms with Crippen molar-refractivity contribution in [2.24, 2.45) is 0 Å². The van der Waals surface area contributed by atoms with E-state index in [9.17, 15) is 9.18 Å². The highest BCUT2D eigenvalue weighted by molar-refractivity contribution is 6.42. The number of para-hydroxylation sites is 1. The average Bonchev–Trinajstić information content (AvgIpc) is 3.24. The molecule has 0 spiro atoms. The predicted molar refractivity (Wildman–Crippen MR) is 131 cm³/mol. The lowest BCUT2D eigenvalue weighted by Crippen LogP contribution is -2.31. The first-order chi connectivity index (χ1) is 16.4. The van der Waals surface area contributed by atoms with Gasteiger partial charge in [-0.25, -0.2) is 9.07 Å². The van der Waals surface area contributed by atoms with Crippen molar-refractivity contribution in [2.45, 2.75) is 13.0 Å². The van der Waals surface area contributed by atoms with Crippen molar-refractivity contribution in [3.63, 3.8) is 0 Å². The van der Waals surface area contributed by atoms with Crippen LogP contribution in [0, 0.1) is 5.82 Å². The molecule has 1 aliphatic heterocycles. The number of nitrogens with zero attached hydrogens (tertiary/aromatic N) is 3. The van der Waals surface area contributed by atoms with E-state index in [4.69, 9.17) is 23.2 Å². The van der Waals surface area contributed by atoms with Gasteiger partial charge in [-0.05, 0) is 61.0 Å². The molecule has 1 amide bonds. The van der Waals surface area contributed by atoms with Gasteiger partial charge in [0, 0.05) is 16.9 Å². The van der Waals surface area contributed by atoms with Crippen molar-refractivity contribution in [1.29, 1.82) is 0 Å². The Morgan fingerprint density at radius 2 is 1.76 bits per heavy atom. The van der Waals surface area contributed by atoms with Crippen molar-refractivity contribution in [2.75, 3.05) is 10.6 Å². The summed E-state index contributed by atoms with van der Waals surface area (Å²) in [5.74, 6) is 0.197. The SMILES string of the molecule is CC1=C(C(=O)Nc2ccccc2)C(c2ccc(Cl)c(Cl)c2)n2nc(-c3ccc(F)cc3)nc2N1. The summed E-state index contributed by atoms with van der Waals surface area (Å²) >= 11 is 12.5. The van der Waals surface area contributed by atoms with Gasteiger partial charge in [0.1, 0.15) is 11.9 Å². The van der Waals surface area contributed by atoms with Crippen LogP contribution >= 0.6 is 23.2 Å². The van der Waals surface area contributed by atoms with Gasteiger partial charge < -0.3 is 10.6 Å². The maximum absolute atomic E-state index is 13.5. The maximum atomic E-state index is 13.5. The highest BCUT2D eigenvalue weighted by Crippen LogP contribution is 2.38. The minimum Gasteiger partial charge on any atom is -0.328 e. The number of carbonyl (C=O) groups excluding carboxylic acids is 1. The van der Waals surface area contributed by atoms with Gasteiger partial charge in [-0.2, -0.15) is 4.98 Å². The lowest BCUT2D eigenvalue weighted by atomic mass is 9.95. The van der Waals surface area contributed by atoms with Crippen molar-refractivity contribution >= 4 is 40.7 Å². The number of nitrogens with one attached hydrogen (secondary N) is 2. The largest absolute Gasteiger partial charge is 0.328 e. The molecule has 0 fully saturated rings. The third-order valence-electron chi connectivity index (χ3n) is 5.49. The summed E-state index contributed by atoms with van der Waals surface area (Å²) in [5, 5.41) is 11.6. The van der Waals surface area contributed by atoms with Crippen molar-refractivity contribution in [1.82, 2.24) is 14.8 Å². The van der Waals surface area contributed by atoms with Gasteiger partial charge in [0.25, 0.3) is 5.91 Å². The summed E-state index contributed by atoms with van der Waals surface area (Å²) < 4.78 is 15.1. The summed E-state index contributed by atoms with van der Waals surface area (Å²) in [6, 6.07) is 19.7. The number of anilines is 2. The average molecular weight is 494 g/mol. The van der Waals surface area contributed by atoms with Crippen LogP contribution in [0.3, 0.4) is 0 Å². The Balaban J connectivity index is 1.62. The van der Waals surface area contributed by atoms with E-state index in [1.54, 1.807) is 41.9 Å². The number of hydrogen-bond acceptors (Lipinski definition) is 4. The molecule has 1 aromatic heterocycles. The zero-order valence-corrected chi connectivity index (χ0v) is 19.4. The van der Waals surface area contributed by atoms with Crippen molar-refractivity contribution in [3.05, 3.63) is 105 Å². The number of allylic oxidation sites excluding steroid dienone is 1. The maximum Gasteiger partial charge on any atom is 0.255 e. The van der Waals surface area contributed by atoms with E-state index in [1.807, 2.05) is 30.3 Å². The Hall–Kier alpha value is -3.68. The van der Waals surface area contributed by atoms with Crippen LogP contribution in [0.25, 0.3) is 11.4 Å². The monoisotopic (exact) mass is 493 g/mol. The predicted octanol–water partition coefficient (Wildman–Crippen LogP) is 6.32. The van der Waals surface area contributed by atoms with Gasteiger partial charge >= 0.3 is 0 Å². The zero-order valence-electron chi connectivity index (χ0n) is 17.9. The lowest BCUT2D eigenvalue weighted by molar-refractivity contribution is -0.113. The van der Waals surface area contributed by atoms with Crippen molar-refractivity contribution in [3.8, 4) is 11.4 Å². The minimum atomic E-state index is -0.628. The number of carbonyl (C=O) groups is 1. The molecule has 9 heteroatoms. The second-order valence-corrected chi connectivity index (χ2v) is 8.58. The Morgan fingerprint density at radius 1 is 1.03 bits per heavy atom. The van der Waals surface area contributed by atoms with Crippen LogP contribution in [0.2, 0.25) is 10.0 Å².